The molecule has 0 bridgehead atoms. The molecule has 6 heteroatoms. The van der Waals surface area contributed by atoms with Gasteiger partial charge in [-0.25, -0.2) is 9.97 Å². The molecule has 0 unspecified atom stereocenters. The highest BCUT2D eigenvalue weighted by Gasteiger charge is 2.19. The van der Waals surface area contributed by atoms with Crippen molar-refractivity contribution in [3.8, 4) is 23.1 Å². The molecule has 144 valence electrons. The van der Waals surface area contributed by atoms with Crippen LogP contribution < -0.4 is 14.2 Å². The first kappa shape index (κ1) is 18.2. The largest absolute Gasteiger partial charge is 0.497 e. The van der Waals surface area contributed by atoms with Crippen LogP contribution >= 0.6 is 0 Å². The molecule has 1 aliphatic carbocycles. The Morgan fingerprint density at radius 1 is 0.964 bits per heavy atom. The molecule has 1 aromatic carbocycles. The lowest BCUT2D eigenvalue weighted by molar-refractivity contribution is 0.284. The predicted octanol–water partition coefficient (Wildman–Crippen LogP) is 4.87. The molecule has 0 saturated heterocycles. The van der Waals surface area contributed by atoms with Crippen LogP contribution in [0.1, 0.15) is 29.8 Å². The fraction of sp³-hybridized carbons (Fsp3) is 0.273. The molecule has 2 aromatic heterocycles. The molecule has 1 aliphatic rings. The number of benzene rings is 1. The minimum Gasteiger partial charge on any atom is -0.497 e. The van der Waals surface area contributed by atoms with Crippen LogP contribution in [-0.2, 0) is 19.4 Å². The summed E-state index contributed by atoms with van der Waals surface area (Å²) in [6.07, 6.45) is 4.03. The van der Waals surface area contributed by atoms with E-state index >= 15 is 0 Å². The molecular formula is C22H21FN2O3. The highest BCUT2D eigenvalue weighted by molar-refractivity contribution is 5.45. The van der Waals surface area contributed by atoms with Crippen molar-refractivity contribution in [2.24, 2.45) is 0 Å². The molecule has 3 aromatic rings. The molecule has 0 aliphatic heterocycles. The SMILES string of the molecule is COc1ccc(Oc2cc(OCc3cccc(F)n3)nc3c2CCCC3)cc1. The van der Waals surface area contributed by atoms with Crippen LogP contribution in [0.2, 0.25) is 0 Å². The molecule has 28 heavy (non-hydrogen) atoms. The second-order valence-corrected chi connectivity index (χ2v) is 6.61. The van der Waals surface area contributed by atoms with Crippen LogP contribution in [0.4, 0.5) is 4.39 Å². The molecule has 0 atom stereocenters. The van der Waals surface area contributed by atoms with Gasteiger partial charge >= 0.3 is 0 Å². The van der Waals surface area contributed by atoms with Crippen molar-refractivity contribution < 1.29 is 18.6 Å². The smallest absolute Gasteiger partial charge is 0.217 e. The Morgan fingerprint density at radius 3 is 2.54 bits per heavy atom. The van der Waals surface area contributed by atoms with Crippen molar-refractivity contribution in [3.05, 3.63) is 71.4 Å². The molecule has 0 spiro atoms. The Kier molecular flexibility index (Phi) is 5.37. The second-order valence-electron chi connectivity index (χ2n) is 6.61. The number of halogens is 1. The number of hydrogen-bond donors (Lipinski definition) is 0. The van der Waals surface area contributed by atoms with E-state index in [0.717, 1.165) is 54.2 Å². The molecule has 0 N–H and O–H groups in total. The first-order valence-corrected chi connectivity index (χ1v) is 9.30. The van der Waals surface area contributed by atoms with Crippen molar-refractivity contribution >= 4 is 0 Å². The lowest BCUT2D eigenvalue weighted by Gasteiger charge is -2.20. The number of fused-ring (bicyclic) bond motifs is 1. The highest BCUT2D eigenvalue weighted by Crippen LogP contribution is 2.35. The number of aryl methyl sites for hydroxylation is 1. The van der Waals surface area contributed by atoms with Gasteiger partial charge in [0.2, 0.25) is 11.8 Å². The zero-order valence-electron chi connectivity index (χ0n) is 15.7. The fourth-order valence-corrected chi connectivity index (χ4v) is 3.26. The summed E-state index contributed by atoms with van der Waals surface area (Å²) >= 11 is 0. The van der Waals surface area contributed by atoms with E-state index in [1.54, 1.807) is 25.3 Å². The minimum absolute atomic E-state index is 0.144. The number of aromatic nitrogens is 2. The predicted molar refractivity (Wildman–Crippen MR) is 102 cm³/mol. The van der Waals surface area contributed by atoms with Gasteiger partial charge < -0.3 is 14.2 Å². The maximum Gasteiger partial charge on any atom is 0.217 e. The van der Waals surface area contributed by atoms with Crippen LogP contribution in [0.3, 0.4) is 0 Å². The summed E-state index contributed by atoms with van der Waals surface area (Å²) in [5, 5.41) is 0. The third-order valence-electron chi connectivity index (χ3n) is 4.66. The summed E-state index contributed by atoms with van der Waals surface area (Å²) in [6, 6.07) is 13.9. The van der Waals surface area contributed by atoms with Gasteiger partial charge in [-0.2, -0.15) is 4.39 Å². The van der Waals surface area contributed by atoms with Crippen LogP contribution in [0, 0.1) is 5.95 Å². The molecule has 0 radical (unpaired) electrons. The molecule has 4 rings (SSSR count). The van der Waals surface area contributed by atoms with Crippen LogP contribution in [-0.4, -0.2) is 17.1 Å². The quantitative estimate of drug-likeness (QED) is 0.571. The van der Waals surface area contributed by atoms with Gasteiger partial charge in [-0.15, -0.1) is 0 Å². The summed E-state index contributed by atoms with van der Waals surface area (Å²) in [4.78, 5) is 8.46. The van der Waals surface area contributed by atoms with Gasteiger partial charge in [0.1, 0.15) is 23.9 Å². The van der Waals surface area contributed by atoms with Gasteiger partial charge in [-0.1, -0.05) is 6.07 Å². The van der Waals surface area contributed by atoms with E-state index in [1.165, 1.54) is 6.07 Å². The first-order valence-electron chi connectivity index (χ1n) is 9.30. The van der Waals surface area contributed by atoms with Crippen molar-refractivity contribution in [2.45, 2.75) is 32.3 Å². The highest BCUT2D eigenvalue weighted by atomic mass is 19.1. The fourth-order valence-electron chi connectivity index (χ4n) is 3.26. The number of pyridine rings is 2. The molecule has 0 amide bonds. The maximum atomic E-state index is 13.3. The van der Waals surface area contributed by atoms with E-state index in [0.29, 0.717) is 11.6 Å². The number of ether oxygens (including phenoxy) is 3. The second kappa shape index (κ2) is 8.25. The lowest BCUT2D eigenvalue weighted by atomic mass is 9.95. The Balaban J connectivity index is 1.58. The number of rotatable bonds is 6. The van der Waals surface area contributed by atoms with Gasteiger partial charge in [-0.05, 0) is 62.1 Å². The van der Waals surface area contributed by atoms with Gasteiger partial charge in [0.05, 0.1) is 18.5 Å². The third kappa shape index (κ3) is 4.22. The van der Waals surface area contributed by atoms with Crippen LogP contribution in [0.15, 0.2) is 48.5 Å². The van der Waals surface area contributed by atoms with Crippen molar-refractivity contribution in [1.82, 2.24) is 9.97 Å². The van der Waals surface area contributed by atoms with Crippen LogP contribution in [0.5, 0.6) is 23.1 Å². The molecular weight excluding hydrogens is 359 g/mol. The average Bonchev–Trinajstić information content (AvgIpc) is 2.73. The van der Waals surface area contributed by atoms with E-state index in [9.17, 15) is 4.39 Å². The number of methoxy groups -OCH3 is 1. The average molecular weight is 380 g/mol. The Morgan fingerprint density at radius 2 is 1.75 bits per heavy atom. The topological polar surface area (TPSA) is 53.5 Å². The van der Waals surface area contributed by atoms with Gasteiger partial charge in [0.25, 0.3) is 0 Å². The lowest BCUT2D eigenvalue weighted by Crippen LogP contribution is -2.09. The standard InChI is InChI=1S/C22H21FN2O3/c1-26-16-9-11-17(12-10-16)28-20-13-22(25-19-7-3-2-6-18(19)20)27-14-15-5-4-8-21(23)24-15/h4-5,8-13H,2-3,6-7,14H2,1H3. The summed E-state index contributed by atoms with van der Waals surface area (Å²) < 4.78 is 30.4. The Bertz CT molecular complexity index is 960. The molecule has 5 nitrogen and oxygen atoms in total. The zero-order valence-corrected chi connectivity index (χ0v) is 15.7. The van der Waals surface area contributed by atoms with Crippen LogP contribution in [0.25, 0.3) is 0 Å². The monoisotopic (exact) mass is 380 g/mol. The Labute approximate surface area is 163 Å². The van der Waals surface area contributed by atoms with E-state index < -0.39 is 5.95 Å². The summed E-state index contributed by atoms with van der Waals surface area (Å²) in [5.74, 6) is 2.17. The normalized spacial score (nSPS) is 12.9. The molecule has 0 saturated carbocycles. The third-order valence-corrected chi connectivity index (χ3v) is 4.66. The van der Waals surface area contributed by atoms with E-state index in [-0.39, 0.29) is 6.61 Å². The van der Waals surface area contributed by atoms with E-state index in [4.69, 9.17) is 14.2 Å². The van der Waals surface area contributed by atoms with Gasteiger partial charge in [0.15, 0.2) is 0 Å². The zero-order chi connectivity index (χ0) is 19.3. The van der Waals surface area contributed by atoms with Crippen molar-refractivity contribution in [3.63, 3.8) is 0 Å². The minimum atomic E-state index is -0.525. The Hall–Kier alpha value is -3.15. The van der Waals surface area contributed by atoms with Crippen molar-refractivity contribution in [2.75, 3.05) is 7.11 Å². The summed E-state index contributed by atoms with van der Waals surface area (Å²) in [5.41, 5.74) is 2.63. The molecule has 0 fully saturated rings. The van der Waals surface area contributed by atoms with Gasteiger partial charge in [0, 0.05) is 11.6 Å². The number of hydrogen-bond acceptors (Lipinski definition) is 5. The van der Waals surface area contributed by atoms with E-state index in [1.807, 2.05) is 24.3 Å². The van der Waals surface area contributed by atoms with E-state index in [2.05, 4.69) is 9.97 Å². The summed E-state index contributed by atoms with van der Waals surface area (Å²) in [6.45, 7) is 0.144. The molecule has 2 heterocycles. The van der Waals surface area contributed by atoms with Crippen molar-refractivity contribution in [1.29, 1.82) is 0 Å². The summed E-state index contributed by atoms with van der Waals surface area (Å²) in [7, 11) is 1.63. The maximum absolute atomic E-state index is 13.3. The first-order chi connectivity index (χ1) is 13.7. The van der Waals surface area contributed by atoms with Gasteiger partial charge in [-0.3, -0.25) is 0 Å². The number of nitrogens with zero attached hydrogens (tertiary/aromatic N) is 2.